The number of nitrogens with zero attached hydrogens (tertiary/aromatic N) is 3. The Balaban J connectivity index is 1.68. The van der Waals surface area contributed by atoms with Gasteiger partial charge in [0.25, 0.3) is 0 Å². The molecule has 1 aliphatic rings. The smallest absolute Gasteiger partial charge is 0.338 e. The van der Waals surface area contributed by atoms with Crippen molar-refractivity contribution in [2.75, 3.05) is 11.9 Å². The highest BCUT2D eigenvalue weighted by Gasteiger charge is 2.35. The van der Waals surface area contributed by atoms with E-state index >= 15 is 0 Å². The van der Waals surface area contributed by atoms with Gasteiger partial charge in [-0.15, -0.1) is 0 Å². The van der Waals surface area contributed by atoms with Gasteiger partial charge in [0.2, 0.25) is 5.95 Å². The van der Waals surface area contributed by atoms with Crippen molar-refractivity contribution >= 4 is 11.9 Å². The largest absolute Gasteiger partial charge is 0.489 e. The van der Waals surface area contributed by atoms with Crippen molar-refractivity contribution in [3.63, 3.8) is 0 Å². The van der Waals surface area contributed by atoms with Gasteiger partial charge in [-0.3, -0.25) is 0 Å². The molecule has 3 aromatic rings. The molecule has 1 atom stereocenters. The molecule has 0 radical (unpaired) electrons. The van der Waals surface area contributed by atoms with E-state index in [1.807, 2.05) is 31.2 Å². The lowest BCUT2D eigenvalue weighted by Gasteiger charge is -2.29. The third-order valence-electron chi connectivity index (χ3n) is 5.47. The number of aryl methyl sites for hydroxylation is 1. The summed E-state index contributed by atoms with van der Waals surface area (Å²) in [6, 6.07) is 15.5. The van der Waals surface area contributed by atoms with Crippen molar-refractivity contribution in [2.24, 2.45) is 0 Å². The Morgan fingerprint density at radius 2 is 1.91 bits per heavy atom. The predicted molar refractivity (Wildman–Crippen MR) is 122 cm³/mol. The van der Waals surface area contributed by atoms with Crippen LogP contribution in [-0.2, 0) is 16.1 Å². The van der Waals surface area contributed by atoms with Crippen molar-refractivity contribution in [2.45, 2.75) is 46.3 Å². The number of fused-ring (bicyclic) bond motifs is 1. The second-order valence-corrected chi connectivity index (χ2v) is 7.90. The van der Waals surface area contributed by atoms with Gasteiger partial charge in [0.15, 0.2) is 0 Å². The molecule has 166 valence electrons. The normalized spacial score (nSPS) is 15.2. The molecule has 0 fully saturated rings. The molecule has 0 saturated carbocycles. The van der Waals surface area contributed by atoms with Gasteiger partial charge in [0.1, 0.15) is 24.7 Å². The Labute approximate surface area is 188 Å². The molecule has 0 aliphatic carbocycles. The monoisotopic (exact) mass is 432 g/mol. The van der Waals surface area contributed by atoms with Crippen LogP contribution in [0.15, 0.2) is 66.1 Å². The SMILES string of the molecule is CCCCOC(=O)C1=C(C)Nc2ncnn2C1c1ccccc1OCc1ccc(C)cc1. The number of carbonyl (C=O) groups is 1. The zero-order chi connectivity index (χ0) is 22.5. The van der Waals surface area contributed by atoms with Crippen molar-refractivity contribution in [3.8, 4) is 5.75 Å². The van der Waals surface area contributed by atoms with Gasteiger partial charge in [0, 0.05) is 11.3 Å². The van der Waals surface area contributed by atoms with E-state index in [0.717, 1.165) is 24.0 Å². The Hall–Kier alpha value is -3.61. The fraction of sp³-hybridized carbons (Fsp3) is 0.320. The van der Waals surface area contributed by atoms with E-state index in [1.165, 1.54) is 11.9 Å². The number of unbranched alkanes of at least 4 members (excludes halogenated alkanes) is 1. The van der Waals surface area contributed by atoms with Crippen LogP contribution in [0.3, 0.4) is 0 Å². The molecular weight excluding hydrogens is 404 g/mol. The van der Waals surface area contributed by atoms with Crippen molar-refractivity contribution in [1.29, 1.82) is 0 Å². The number of hydrogen-bond acceptors (Lipinski definition) is 6. The quantitative estimate of drug-likeness (QED) is 0.407. The van der Waals surface area contributed by atoms with Crippen LogP contribution in [0.1, 0.15) is 49.4 Å². The van der Waals surface area contributed by atoms with Gasteiger partial charge in [-0.25, -0.2) is 9.48 Å². The third kappa shape index (κ3) is 4.51. The molecule has 0 saturated heterocycles. The Morgan fingerprint density at radius 1 is 1.12 bits per heavy atom. The number of hydrogen-bond donors (Lipinski definition) is 1. The minimum atomic E-state index is -0.503. The number of rotatable bonds is 8. The molecule has 0 spiro atoms. The molecule has 4 rings (SSSR count). The van der Waals surface area contributed by atoms with Crippen molar-refractivity contribution < 1.29 is 14.3 Å². The summed E-state index contributed by atoms with van der Waals surface area (Å²) in [5.74, 6) is 0.905. The fourth-order valence-corrected chi connectivity index (χ4v) is 3.71. The maximum absolute atomic E-state index is 13.1. The summed E-state index contributed by atoms with van der Waals surface area (Å²) in [5, 5.41) is 7.56. The van der Waals surface area contributed by atoms with Gasteiger partial charge in [-0.1, -0.05) is 61.4 Å². The summed E-state index contributed by atoms with van der Waals surface area (Å²) >= 11 is 0. The molecule has 1 aromatic heterocycles. The van der Waals surface area contributed by atoms with Crippen molar-refractivity contribution in [1.82, 2.24) is 14.8 Å². The second kappa shape index (κ2) is 9.68. The number of esters is 1. The number of nitrogens with one attached hydrogen (secondary N) is 1. The topological polar surface area (TPSA) is 78.3 Å². The van der Waals surface area contributed by atoms with Crippen LogP contribution in [0.25, 0.3) is 0 Å². The van der Waals surface area contributed by atoms with Crippen LogP contribution < -0.4 is 10.1 Å². The van der Waals surface area contributed by atoms with Crippen LogP contribution in [0.5, 0.6) is 5.75 Å². The minimum absolute atomic E-state index is 0.358. The van der Waals surface area contributed by atoms with Gasteiger partial charge in [0.05, 0.1) is 12.2 Å². The molecule has 32 heavy (non-hydrogen) atoms. The van der Waals surface area contributed by atoms with Crippen LogP contribution in [0.4, 0.5) is 5.95 Å². The van der Waals surface area contributed by atoms with Gasteiger partial charge < -0.3 is 14.8 Å². The minimum Gasteiger partial charge on any atom is -0.489 e. The maximum atomic E-state index is 13.1. The van der Waals surface area contributed by atoms with Crippen LogP contribution in [0.2, 0.25) is 0 Å². The second-order valence-electron chi connectivity index (χ2n) is 7.90. The lowest BCUT2D eigenvalue weighted by Crippen LogP contribution is -2.30. The number of aromatic nitrogens is 3. The number of benzene rings is 2. The molecule has 1 unspecified atom stereocenters. The number of para-hydroxylation sites is 1. The van der Waals surface area contributed by atoms with E-state index in [-0.39, 0.29) is 5.97 Å². The summed E-state index contributed by atoms with van der Waals surface area (Å²) in [4.78, 5) is 17.4. The molecule has 1 aliphatic heterocycles. The first-order valence-corrected chi connectivity index (χ1v) is 10.9. The zero-order valence-electron chi connectivity index (χ0n) is 18.7. The number of anilines is 1. The standard InChI is InChI=1S/C25H28N4O3/c1-4-5-14-31-24(30)22-18(3)28-25-26-16-27-29(25)23(22)20-8-6-7-9-21(20)32-15-19-12-10-17(2)11-13-19/h6-13,16,23H,4-5,14-15H2,1-3H3,(H,26,27,28). The first-order valence-electron chi connectivity index (χ1n) is 10.9. The molecule has 7 nitrogen and oxygen atoms in total. The van der Waals surface area contributed by atoms with Gasteiger partial charge >= 0.3 is 5.97 Å². The highest BCUT2D eigenvalue weighted by molar-refractivity contribution is 5.92. The molecule has 1 N–H and O–H groups in total. The van der Waals surface area contributed by atoms with E-state index in [0.29, 0.717) is 36.2 Å². The number of carbonyl (C=O) groups excluding carboxylic acids is 1. The molecule has 0 bridgehead atoms. The Bertz CT molecular complexity index is 1120. The summed E-state index contributed by atoms with van der Waals surface area (Å²) in [5.41, 5.74) is 4.31. The summed E-state index contributed by atoms with van der Waals surface area (Å²) in [6.45, 7) is 6.78. The third-order valence-corrected chi connectivity index (χ3v) is 5.47. The van der Waals surface area contributed by atoms with Crippen LogP contribution in [0, 0.1) is 6.92 Å². The average molecular weight is 433 g/mol. The molecule has 2 aromatic carbocycles. The highest BCUT2D eigenvalue weighted by atomic mass is 16.5. The van der Waals surface area contributed by atoms with E-state index in [9.17, 15) is 4.79 Å². The van der Waals surface area contributed by atoms with Crippen molar-refractivity contribution in [3.05, 3.63) is 82.8 Å². The van der Waals surface area contributed by atoms with E-state index in [1.54, 1.807) is 4.68 Å². The Kier molecular flexibility index (Phi) is 6.54. The van der Waals surface area contributed by atoms with E-state index < -0.39 is 6.04 Å². The summed E-state index contributed by atoms with van der Waals surface area (Å²) < 4.78 is 13.5. The average Bonchev–Trinajstić information content (AvgIpc) is 3.26. The molecule has 2 heterocycles. The summed E-state index contributed by atoms with van der Waals surface area (Å²) in [7, 11) is 0. The van der Waals surface area contributed by atoms with Gasteiger partial charge in [-0.2, -0.15) is 10.1 Å². The fourth-order valence-electron chi connectivity index (χ4n) is 3.71. The number of ether oxygens (including phenoxy) is 2. The maximum Gasteiger partial charge on any atom is 0.338 e. The number of allylic oxidation sites excluding steroid dienone is 1. The van der Waals surface area contributed by atoms with E-state index in [4.69, 9.17) is 9.47 Å². The van der Waals surface area contributed by atoms with E-state index in [2.05, 4.69) is 53.5 Å². The first kappa shape index (κ1) is 21.6. The molecule has 0 amide bonds. The molecular formula is C25H28N4O3. The Morgan fingerprint density at radius 3 is 2.69 bits per heavy atom. The highest BCUT2D eigenvalue weighted by Crippen LogP contribution is 2.39. The lowest BCUT2D eigenvalue weighted by atomic mass is 9.95. The zero-order valence-corrected chi connectivity index (χ0v) is 18.7. The van der Waals surface area contributed by atoms with Crippen LogP contribution in [-0.4, -0.2) is 27.3 Å². The molecule has 7 heteroatoms. The van der Waals surface area contributed by atoms with Gasteiger partial charge in [-0.05, 0) is 31.9 Å². The predicted octanol–water partition coefficient (Wildman–Crippen LogP) is 4.80. The lowest BCUT2D eigenvalue weighted by molar-refractivity contribution is -0.139. The summed E-state index contributed by atoms with van der Waals surface area (Å²) in [6.07, 6.45) is 3.25. The first-order chi connectivity index (χ1) is 15.6. The van der Waals surface area contributed by atoms with Crippen LogP contribution >= 0.6 is 0 Å².